The van der Waals surface area contributed by atoms with Gasteiger partial charge in [0.1, 0.15) is 5.82 Å². The van der Waals surface area contributed by atoms with E-state index in [1.54, 1.807) is 6.20 Å². The fourth-order valence-electron chi connectivity index (χ4n) is 4.35. The van der Waals surface area contributed by atoms with Gasteiger partial charge in [-0.2, -0.15) is 0 Å². The van der Waals surface area contributed by atoms with Gasteiger partial charge in [0.2, 0.25) is 11.9 Å². The molecule has 2 aromatic rings. The lowest BCUT2D eigenvalue weighted by atomic mass is 9.93. The van der Waals surface area contributed by atoms with E-state index in [1.165, 1.54) is 25.7 Å². The Balaban J connectivity index is 1.40. The minimum atomic E-state index is 0.274. The number of rotatable bonds is 5. The van der Waals surface area contributed by atoms with Crippen molar-refractivity contribution in [1.29, 1.82) is 0 Å². The molecule has 1 atom stereocenters. The number of nitrogens with zero attached hydrogens (tertiary/aromatic N) is 4. The van der Waals surface area contributed by atoms with Crippen LogP contribution in [0.2, 0.25) is 0 Å². The van der Waals surface area contributed by atoms with Crippen molar-refractivity contribution >= 4 is 17.7 Å². The summed E-state index contributed by atoms with van der Waals surface area (Å²) in [6.07, 6.45) is 11.4. The molecule has 1 saturated heterocycles. The molecule has 0 radical (unpaired) electrons. The zero-order valence-corrected chi connectivity index (χ0v) is 16.6. The van der Waals surface area contributed by atoms with Crippen LogP contribution in [0, 0.1) is 12.8 Å². The maximum atomic E-state index is 12.7. The molecule has 1 N–H and O–H groups in total. The Morgan fingerprint density at radius 1 is 1.14 bits per heavy atom. The van der Waals surface area contributed by atoms with Crippen molar-refractivity contribution < 1.29 is 4.79 Å². The molecule has 2 fully saturated rings. The van der Waals surface area contributed by atoms with Crippen molar-refractivity contribution in [3.63, 3.8) is 0 Å². The summed E-state index contributed by atoms with van der Waals surface area (Å²) in [6, 6.07) is 5.91. The smallest absolute Gasteiger partial charge is 0.228 e. The molecule has 1 amide bonds. The first-order valence-corrected chi connectivity index (χ1v) is 10.5. The second-order valence-electron chi connectivity index (χ2n) is 8.18. The van der Waals surface area contributed by atoms with E-state index in [1.807, 2.05) is 31.3 Å². The number of carbonyl (C=O) groups excluding carboxylic acids is 1. The van der Waals surface area contributed by atoms with Crippen LogP contribution < -0.4 is 5.32 Å². The first kappa shape index (κ1) is 18.8. The van der Waals surface area contributed by atoms with Crippen LogP contribution in [0.3, 0.4) is 0 Å². The van der Waals surface area contributed by atoms with E-state index in [9.17, 15) is 4.79 Å². The molecule has 0 aromatic carbocycles. The summed E-state index contributed by atoms with van der Waals surface area (Å²) in [5.74, 6) is 2.50. The van der Waals surface area contributed by atoms with Crippen molar-refractivity contribution in [3.05, 3.63) is 41.9 Å². The van der Waals surface area contributed by atoms with Crippen LogP contribution in [0.5, 0.6) is 0 Å². The topological polar surface area (TPSA) is 71.0 Å². The fourth-order valence-corrected chi connectivity index (χ4v) is 4.35. The Morgan fingerprint density at radius 2 is 2.00 bits per heavy atom. The molecule has 0 bridgehead atoms. The Bertz CT molecular complexity index is 801. The molecule has 4 rings (SSSR count). The van der Waals surface area contributed by atoms with Crippen LogP contribution in [0.1, 0.15) is 62.1 Å². The summed E-state index contributed by atoms with van der Waals surface area (Å²) in [4.78, 5) is 28.2. The molecule has 2 aliphatic rings. The highest BCUT2D eigenvalue weighted by Gasteiger charge is 2.28. The monoisotopic (exact) mass is 379 g/mol. The minimum Gasteiger partial charge on any atom is -0.342 e. The van der Waals surface area contributed by atoms with E-state index in [0.717, 1.165) is 49.4 Å². The molecule has 6 heteroatoms. The van der Waals surface area contributed by atoms with Crippen LogP contribution in [0.25, 0.3) is 0 Å². The summed E-state index contributed by atoms with van der Waals surface area (Å²) in [5.41, 5.74) is 2.12. The number of carbonyl (C=O) groups is 1. The van der Waals surface area contributed by atoms with Crippen LogP contribution in [-0.2, 0) is 4.79 Å². The molecule has 1 saturated carbocycles. The van der Waals surface area contributed by atoms with E-state index >= 15 is 0 Å². The molecule has 3 heterocycles. The average molecular weight is 380 g/mol. The molecule has 2 aromatic heterocycles. The molecular formula is C22H29N5O. The van der Waals surface area contributed by atoms with E-state index < -0.39 is 0 Å². The van der Waals surface area contributed by atoms with Gasteiger partial charge >= 0.3 is 0 Å². The third-order valence-electron chi connectivity index (χ3n) is 5.96. The third kappa shape index (κ3) is 4.66. The lowest BCUT2D eigenvalue weighted by Crippen LogP contribution is -2.39. The molecule has 6 nitrogen and oxygen atoms in total. The lowest BCUT2D eigenvalue weighted by molar-refractivity contribution is -0.133. The molecular weight excluding hydrogens is 350 g/mol. The number of anilines is 2. The summed E-state index contributed by atoms with van der Waals surface area (Å²) in [6.45, 7) is 3.66. The van der Waals surface area contributed by atoms with Crippen LogP contribution in [-0.4, -0.2) is 38.8 Å². The zero-order valence-electron chi connectivity index (χ0n) is 16.6. The predicted molar refractivity (Wildman–Crippen MR) is 109 cm³/mol. The second-order valence-corrected chi connectivity index (χ2v) is 8.18. The lowest BCUT2D eigenvalue weighted by Gasteiger charge is -2.33. The third-order valence-corrected chi connectivity index (χ3v) is 5.96. The first-order chi connectivity index (χ1) is 13.7. The van der Waals surface area contributed by atoms with Gasteiger partial charge in [0.15, 0.2) is 0 Å². The predicted octanol–water partition coefficient (Wildman–Crippen LogP) is 4.21. The van der Waals surface area contributed by atoms with Gasteiger partial charge in [-0.05, 0) is 56.2 Å². The Morgan fingerprint density at radius 3 is 2.79 bits per heavy atom. The van der Waals surface area contributed by atoms with Gasteiger partial charge in [-0.25, -0.2) is 15.0 Å². The largest absolute Gasteiger partial charge is 0.342 e. The van der Waals surface area contributed by atoms with Crippen molar-refractivity contribution in [2.24, 2.45) is 5.92 Å². The Hall–Kier alpha value is -2.50. The fraction of sp³-hybridized carbons (Fsp3) is 0.545. The highest BCUT2D eigenvalue weighted by molar-refractivity contribution is 5.76. The normalized spacial score (nSPS) is 20.3. The van der Waals surface area contributed by atoms with Gasteiger partial charge in [-0.1, -0.05) is 18.9 Å². The van der Waals surface area contributed by atoms with Crippen LogP contribution in [0.4, 0.5) is 11.8 Å². The number of piperidine rings is 1. The first-order valence-electron chi connectivity index (χ1n) is 10.5. The van der Waals surface area contributed by atoms with Gasteiger partial charge in [0, 0.05) is 37.8 Å². The number of aromatic nitrogens is 3. The summed E-state index contributed by atoms with van der Waals surface area (Å²) in [7, 11) is 0. The average Bonchev–Trinajstić information content (AvgIpc) is 3.23. The number of nitrogens with one attached hydrogen (secondary N) is 1. The van der Waals surface area contributed by atoms with E-state index in [-0.39, 0.29) is 5.92 Å². The molecule has 0 unspecified atom stereocenters. The molecule has 148 valence electrons. The summed E-state index contributed by atoms with van der Waals surface area (Å²) >= 11 is 0. The number of hydrogen-bond donors (Lipinski definition) is 1. The Kier molecular flexibility index (Phi) is 5.84. The van der Waals surface area contributed by atoms with Gasteiger partial charge in [-0.15, -0.1) is 0 Å². The Labute approximate surface area is 166 Å². The number of pyridine rings is 1. The van der Waals surface area contributed by atoms with Gasteiger partial charge in [-0.3, -0.25) is 4.79 Å². The minimum absolute atomic E-state index is 0.274. The number of hydrogen-bond acceptors (Lipinski definition) is 5. The van der Waals surface area contributed by atoms with Crippen molar-refractivity contribution in [1.82, 2.24) is 19.9 Å². The van der Waals surface area contributed by atoms with Crippen molar-refractivity contribution in [3.8, 4) is 0 Å². The van der Waals surface area contributed by atoms with Crippen molar-refractivity contribution in [2.75, 3.05) is 18.4 Å². The standard InChI is InChI=1S/C22H29N5O/c1-16-8-9-20(24-14-16)26-22-23-11-10-19(25-22)18-7-4-12-27(15-18)21(28)13-17-5-2-3-6-17/h8-11,14,17-18H,2-7,12-13,15H2,1H3,(H,23,24,25,26)/t18-/m0/s1. The van der Waals surface area contributed by atoms with E-state index in [2.05, 4.69) is 20.2 Å². The number of likely N-dealkylation sites (tertiary alicyclic amines) is 1. The number of aryl methyl sites for hydroxylation is 1. The maximum absolute atomic E-state index is 12.7. The molecule has 1 aliphatic carbocycles. The van der Waals surface area contributed by atoms with Gasteiger partial charge in [0.25, 0.3) is 0 Å². The van der Waals surface area contributed by atoms with Crippen LogP contribution in [0.15, 0.2) is 30.6 Å². The quantitative estimate of drug-likeness (QED) is 0.843. The van der Waals surface area contributed by atoms with Gasteiger partial charge < -0.3 is 10.2 Å². The zero-order chi connectivity index (χ0) is 19.3. The SMILES string of the molecule is Cc1ccc(Nc2nccc([C@H]3CCCN(C(=O)CC4CCCC4)C3)n2)nc1. The molecule has 0 spiro atoms. The molecule has 28 heavy (non-hydrogen) atoms. The second kappa shape index (κ2) is 8.67. The van der Waals surface area contributed by atoms with E-state index in [0.29, 0.717) is 17.8 Å². The highest BCUT2D eigenvalue weighted by Crippen LogP contribution is 2.30. The van der Waals surface area contributed by atoms with Gasteiger partial charge in [0.05, 0.1) is 5.69 Å². The highest BCUT2D eigenvalue weighted by atomic mass is 16.2. The summed E-state index contributed by atoms with van der Waals surface area (Å²) < 4.78 is 0. The number of amides is 1. The van der Waals surface area contributed by atoms with Crippen molar-refractivity contribution in [2.45, 2.75) is 57.8 Å². The van der Waals surface area contributed by atoms with Crippen LogP contribution >= 0.6 is 0 Å². The van der Waals surface area contributed by atoms with E-state index in [4.69, 9.17) is 4.98 Å². The summed E-state index contributed by atoms with van der Waals surface area (Å²) in [5, 5.41) is 3.18. The maximum Gasteiger partial charge on any atom is 0.228 e. The molecule has 1 aliphatic heterocycles.